The van der Waals surface area contributed by atoms with E-state index in [0.717, 1.165) is 69.9 Å². The highest BCUT2D eigenvalue weighted by Gasteiger charge is 2.32. The summed E-state index contributed by atoms with van der Waals surface area (Å²) in [6, 6.07) is 0.158. The van der Waals surface area contributed by atoms with Crippen molar-refractivity contribution >= 4 is 6.03 Å². The highest BCUT2D eigenvalue weighted by molar-refractivity contribution is 5.74. The molecule has 26 heavy (non-hydrogen) atoms. The summed E-state index contributed by atoms with van der Waals surface area (Å²) in [5.41, 5.74) is 0. The van der Waals surface area contributed by atoms with E-state index in [9.17, 15) is 4.79 Å². The monoisotopic (exact) mass is 360 g/mol. The van der Waals surface area contributed by atoms with Crippen LogP contribution in [0.5, 0.6) is 0 Å². The minimum absolute atomic E-state index is 0.0734. The number of fused-ring (bicyclic) bond motifs is 1. The molecule has 1 N–H and O–H groups in total. The maximum absolute atomic E-state index is 12.8. The van der Waals surface area contributed by atoms with E-state index in [-0.39, 0.29) is 12.1 Å². The van der Waals surface area contributed by atoms with E-state index in [4.69, 9.17) is 0 Å². The van der Waals surface area contributed by atoms with Crippen LogP contribution in [-0.2, 0) is 13.0 Å². The van der Waals surface area contributed by atoms with Crippen molar-refractivity contribution in [2.24, 2.45) is 0 Å². The van der Waals surface area contributed by atoms with Crippen molar-refractivity contribution in [3.8, 4) is 0 Å². The summed E-state index contributed by atoms with van der Waals surface area (Å²) < 4.78 is 2.27. The normalized spacial score (nSPS) is 23.8. The number of carbonyl (C=O) groups is 1. The van der Waals surface area contributed by atoms with E-state index in [0.29, 0.717) is 0 Å². The van der Waals surface area contributed by atoms with E-state index in [1.165, 1.54) is 38.8 Å². The number of amides is 2. The van der Waals surface area contributed by atoms with Gasteiger partial charge in [0, 0.05) is 26.1 Å². The number of aromatic nitrogens is 3. The number of hydrogen-bond donors (Lipinski definition) is 1. The third-order valence-electron chi connectivity index (χ3n) is 6.08. The Labute approximate surface area is 156 Å². The Kier molecular flexibility index (Phi) is 5.72. The van der Waals surface area contributed by atoms with Gasteiger partial charge in [-0.25, -0.2) is 4.79 Å². The van der Waals surface area contributed by atoms with Crippen LogP contribution in [0.25, 0.3) is 0 Å². The van der Waals surface area contributed by atoms with E-state index in [1.807, 2.05) is 4.90 Å². The molecule has 3 aliphatic rings. The molecule has 0 bridgehead atoms. The first kappa shape index (κ1) is 17.8. The molecule has 0 aliphatic carbocycles. The SMILES string of the molecule is O=C(NCCCN1CCCC1)N1CCCCC1c1nnc2n1CCCC2. The number of rotatable bonds is 5. The largest absolute Gasteiger partial charge is 0.338 e. The first-order chi connectivity index (χ1) is 12.8. The molecular formula is C19H32N6O. The third kappa shape index (κ3) is 3.87. The molecule has 2 amide bonds. The van der Waals surface area contributed by atoms with Crippen molar-refractivity contribution in [2.75, 3.05) is 32.7 Å². The number of nitrogens with one attached hydrogen (secondary N) is 1. The zero-order chi connectivity index (χ0) is 17.8. The molecule has 1 aromatic heterocycles. The van der Waals surface area contributed by atoms with Crippen molar-refractivity contribution in [1.29, 1.82) is 0 Å². The summed E-state index contributed by atoms with van der Waals surface area (Å²) in [5, 5.41) is 12.0. The second-order valence-electron chi connectivity index (χ2n) is 7.92. The quantitative estimate of drug-likeness (QED) is 0.819. The zero-order valence-electron chi connectivity index (χ0n) is 15.8. The van der Waals surface area contributed by atoms with E-state index in [2.05, 4.69) is 25.0 Å². The minimum atomic E-state index is 0.0734. The maximum atomic E-state index is 12.8. The molecule has 3 aliphatic heterocycles. The number of urea groups is 1. The average molecular weight is 361 g/mol. The summed E-state index contributed by atoms with van der Waals surface area (Å²) >= 11 is 0. The summed E-state index contributed by atoms with van der Waals surface area (Å²) in [6.45, 7) is 6.13. The van der Waals surface area contributed by atoms with Gasteiger partial charge in [0.15, 0.2) is 5.82 Å². The van der Waals surface area contributed by atoms with E-state index < -0.39 is 0 Å². The Hall–Kier alpha value is -1.63. The minimum Gasteiger partial charge on any atom is -0.338 e. The van der Waals surface area contributed by atoms with Crippen LogP contribution in [0.15, 0.2) is 0 Å². The van der Waals surface area contributed by atoms with Gasteiger partial charge >= 0.3 is 6.03 Å². The Morgan fingerprint density at radius 2 is 1.81 bits per heavy atom. The third-order valence-corrected chi connectivity index (χ3v) is 6.08. The number of piperidine rings is 1. The van der Waals surface area contributed by atoms with Gasteiger partial charge in [0.2, 0.25) is 0 Å². The standard InChI is InChI=1S/C19H32N6O/c26-19(20-10-7-13-23-11-5-6-12-23)24-14-3-1-8-16(24)18-22-21-17-9-2-4-15-25(17)18/h16H,1-15H2,(H,20,26). The van der Waals surface area contributed by atoms with Crippen LogP contribution >= 0.6 is 0 Å². The van der Waals surface area contributed by atoms with Gasteiger partial charge in [-0.15, -0.1) is 10.2 Å². The van der Waals surface area contributed by atoms with Crippen molar-refractivity contribution in [2.45, 2.75) is 70.4 Å². The van der Waals surface area contributed by atoms with Gasteiger partial charge in [-0.3, -0.25) is 0 Å². The lowest BCUT2D eigenvalue weighted by atomic mass is 10.0. The zero-order valence-corrected chi connectivity index (χ0v) is 15.8. The molecule has 2 saturated heterocycles. The van der Waals surface area contributed by atoms with Crippen LogP contribution < -0.4 is 5.32 Å². The van der Waals surface area contributed by atoms with Gasteiger partial charge in [-0.2, -0.15) is 0 Å². The summed E-state index contributed by atoms with van der Waals surface area (Å²) in [7, 11) is 0. The van der Waals surface area contributed by atoms with Gasteiger partial charge in [-0.1, -0.05) is 0 Å². The van der Waals surface area contributed by atoms with Gasteiger partial charge in [-0.05, 0) is 71.0 Å². The van der Waals surface area contributed by atoms with Gasteiger partial charge in [0.1, 0.15) is 5.82 Å². The fourth-order valence-electron chi connectivity index (χ4n) is 4.63. The first-order valence-corrected chi connectivity index (χ1v) is 10.5. The number of likely N-dealkylation sites (tertiary alicyclic amines) is 2. The van der Waals surface area contributed by atoms with Crippen molar-refractivity contribution in [1.82, 2.24) is 29.9 Å². The Morgan fingerprint density at radius 1 is 1.00 bits per heavy atom. The molecule has 0 saturated carbocycles. The molecule has 1 aromatic rings. The van der Waals surface area contributed by atoms with Crippen LogP contribution in [-0.4, -0.2) is 63.3 Å². The highest BCUT2D eigenvalue weighted by Crippen LogP contribution is 2.31. The molecule has 4 heterocycles. The lowest BCUT2D eigenvalue weighted by molar-refractivity contribution is 0.144. The lowest BCUT2D eigenvalue weighted by Crippen LogP contribution is -2.46. The average Bonchev–Trinajstić information content (AvgIpc) is 3.35. The Balaban J connectivity index is 1.34. The van der Waals surface area contributed by atoms with E-state index >= 15 is 0 Å². The Morgan fingerprint density at radius 3 is 2.69 bits per heavy atom. The number of hydrogen-bond acceptors (Lipinski definition) is 4. The maximum Gasteiger partial charge on any atom is 0.318 e. The van der Waals surface area contributed by atoms with Crippen molar-refractivity contribution < 1.29 is 4.79 Å². The summed E-state index contributed by atoms with van der Waals surface area (Å²) in [6.07, 6.45) is 10.3. The first-order valence-electron chi connectivity index (χ1n) is 10.5. The van der Waals surface area contributed by atoms with Crippen LogP contribution in [0.3, 0.4) is 0 Å². The van der Waals surface area contributed by atoms with Crippen molar-refractivity contribution in [3.05, 3.63) is 11.6 Å². The predicted octanol–water partition coefficient (Wildman–Crippen LogP) is 2.34. The molecule has 1 atom stereocenters. The van der Waals surface area contributed by atoms with Crippen molar-refractivity contribution in [3.63, 3.8) is 0 Å². The number of aryl methyl sites for hydroxylation is 1. The van der Waals surface area contributed by atoms with E-state index in [1.54, 1.807) is 0 Å². The molecule has 144 valence electrons. The summed E-state index contributed by atoms with van der Waals surface area (Å²) in [4.78, 5) is 17.3. The number of nitrogens with zero attached hydrogens (tertiary/aromatic N) is 5. The second kappa shape index (κ2) is 8.37. The predicted molar refractivity (Wildman–Crippen MR) is 99.9 cm³/mol. The van der Waals surface area contributed by atoms with Crippen LogP contribution in [0.4, 0.5) is 4.79 Å². The van der Waals surface area contributed by atoms with Crippen LogP contribution in [0.2, 0.25) is 0 Å². The second-order valence-corrected chi connectivity index (χ2v) is 7.92. The fraction of sp³-hybridized carbons (Fsp3) is 0.842. The molecule has 4 rings (SSSR count). The fourth-order valence-corrected chi connectivity index (χ4v) is 4.63. The molecule has 1 unspecified atom stereocenters. The molecule has 0 aromatic carbocycles. The summed E-state index contributed by atoms with van der Waals surface area (Å²) in [5.74, 6) is 2.11. The van der Waals surface area contributed by atoms with Crippen LogP contribution in [0, 0.1) is 0 Å². The van der Waals surface area contributed by atoms with Gasteiger partial charge in [0.05, 0.1) is 6.04 Å². The van der Waals surface area contributed by atoms with Gasteiger partial charge in [0.25, 0.3) is 0 Å². The number of carbonyl (C=O) groups excluding carboxylic acids is 1. The smallest absolute Gasteiger partial charge is 0.318 e. The van der Waals surface area contributed by atoms with Crippen LogP contribution in [0.1, 0.15) is 69.1 Å². The highest BCUT2D eigenvalue weighted by atomic mass is 16.2. The topological polar surface area (TPSA) is 66.3 Å². The molecule has 0 spiro atoms. The molecular weight excluding hydrogens is 328 g/mol. The Bertz CT molecular complexity index is 609. The van der Waals surface area contributed by atoms with Gasteiger partial charge < -0.3 is 19.7 Å². The molecule has 7 nitrogen and oxygen atoms in total. The lowest BCUT2D eigenvalue weighted by Gasteiger charge is -2.35. The molecule has 7 heteroatoms. The molecule has 2 fully saturated rings. The molecule has 0 radical (unpaired) electrons.